The van der Waals surface area contributed by atoms with E-state index in [0.29, 0.717) is 30.8 Å². The molecule has 14 heteroatoms. The maximum absolute atomic E-state index is 14.5. The van der Waals surface area contributed by atoms with E-state index in [1.54, 1.807) is 50.4 Å². The molecule has 69 heavy (non-hydrogen) atoms. The van der Waals surface area contributed by atoms with Crippen LogP contribution < -0.4 is 15.4 Å². The van der Waals surface area contributed by atoms with E-state index in [-0.39, 0.29) is 66.7 Å². The number of nitrogens with one attached hydrogen (secondary N) is 2. The van der Waals surface area contributed by atoms with Gasteiger partial charge in [0.2, 0.25) is 17.7 Å². The van der Waals surface area contributed by atoms with Crippen LogP contribution in [0.5, 0.6) is 5.75 Å². The second-order valence-electron chi connectivity index (χ2n) is 19.6. The SMILES string of the molecule is CC[C@H](C)[C@@H]([C@@H](CC(=O)N1CCC[C@H]1[C@H](OC)[C@@H](C)C(=O)C[C@@H](Cc1ccccc1)C(=O)Nc1ccc(CNC(=O)Oc2ccc(C)cc2)cc1)OC)N(C)C(=O)[C@@H](N=C(C(C)C)N(C)C)C(C)C. The number of anilines is 1. The third-order valence-electron chi connectivity index (χ3n) is 13.5. The molecule has 1 heterocycles. The average Bonchev–Trinajstić information content (AvgIpc) is 3.81. The second-order valence-corrected chi connectivity index (χ2v) is 19.6. The maximum atomic E-state index is 14.5. The number of Topliss-reactive ketones (excluding diaryl/α,β-unsaturated/α-hetero) is 1. The largest absolute Gasteiger partial charge is 0.412 e. The minimum absolute atomic E-state index is 0.00994. The van der Waals surface area contributed by atoms with E-state index in [9.17, 15) is 24.0 Å². The van der Waals surface area contributed by atoms with Gasteiger partial charge in [-0.1, -0.05) is 115 Å². The Kier molecular flexibility index (Phi) is 21.9. The summed E-state index contributed by atoms with van der Waals surface area (Å²) < 4.78 is 17.6. The predicted molar refractivity (Wildman–Crippen MR) is 273 cm³/mol. The zero-order valence-corrected chi connectivity index (χ0v) is 43.5. The van der Waals surface area contributed by atoms with E-state index < -0.39 is 42.2 Å². The summed E-state index contributed by atoms with van der Waals surface area (Å²) in [7, 11) is 8.85. The molecule has 4 amide bonds. The number of amides is 4. The van der Waals surface area contributed by atoms with Gasteiger partial charge in [0, 0.05) is 78.3 Å². The van der Waals surface area contributed by atoms with E-state index in [2.05, 4.69) is 38.3 Å². The predicted octanol–water partition coefficient (Wildman–Crippen LogP) is 8.60. The highest BCUT2D eigenvalue weighted by molar-refractivity contribution is 5.96. The number of benzene rings is 3. The summed E-state index contributed by atoms with van der Waals surface area (Å²) >= 11 is 0. The lowest BCUT2D eigenvalue weighted by Crippen LogP contribution is -2.54. The van der Waals surface area contributed by atoms with Crippen molar-refractivity contribution in [1.29, 1.82) is 0 Å². The van der Waals surface area contributed by atoms with Gasteiger partial charge in [0.15, 0.2) is 0 Å². The van der Waals surface area contributed by atoms with Gasteiger partial charge in [0.25, 0.3) is 0 Å². The molecule has 4 rings (SSSR count). The van der Waals surface area contributed by atoms with E-state index in [1.807, 2.05) is 106 Å². The van der Waals surface area contributed by atoms with Gasteiger partial charge in [-0.2, -0.15) is 0 Å². The van der Waals surface area contributed by atoms with Crippen LogP contribution >= 0.6 is 0 Å². The molecule has 1 aliphatic heterocycles. The number of nitrogens with zero attached hydrogens (tertiary/aromatic N) is 4. The number of ketones is 1. The van der Waals surface area contributed by atoms with Crippen LogP contribution in [-0.2, 0) is 41.6 Å². The van der Waals surface area contributed by atoms with Gasteiger partial charge >= 0.3 is 6.09 Å². The fourth-order valence-electron chi connectivity index (χ4n) is 9.42. The van der Waals surface area contributed by atoms with Gasteiger partial charge < -0.3 is 39.5 Å². The number of carbonyl (C=O) groups is 5. The van der Waals surface area contributed by atoms with Crippen LogP contribution in [0, 0.1) is 36.5 Å². The Balaban J connectivity index is 1.46. The van der Waals surface area contributed by atoms with Crippen LogP contribution in [0.1, 0.15) is 97.3 Å². The number of aliphatic imine (C=N–C) groups is 1. The highest BCUT2D eigenvalue weighted by Crippen LogP contribution is 2.31. The van der Waals surface area contributed by atoms with E-state index in [1.165, 1.54) is 0 Å². The average molecular weight is 953 g/mol. The van der Waals surface area contributed by atoms with Crippen molar-refractivity contribution in [3.05, 3.63) is 95.6 Å². The summed E-state index contributed by atoms with van der Waals surface area (Å²) in [6.07, 6.45) is 0.707. The number of methoxy groups -OCH3 is 2. The van der Waals surface area contributed by atoms with Crippen LogP contribution in [0.25, 0.3) is 0 Å². The number of hydrogen-bond donors (Lipinski definition) is 2. The van der Waals surface area contributed by atoms with E-state index in [0.717, 1.165) is 35.4 Å². The van der Waals surface area contributed by atoms with Gasteiger partial charge in [0.1, 0.15) is 23.4 Å². The number of carbonyl (C=O) groups excluding carboxylic acids is 5. The Labute approximate surface area is 411 Å². The molecule has 0 aliphatic carbocycles. The monoisotopic (exact) mass is 953 g/mol. The number of likely N-dealkylation sites (N-methyl/N-ethyl adjacent to an activating group) is 1. The van der Waals surface area contributed by atoms with Crippen molar-refractivity contribution in [2.24, 2.45) is 34.6 Å². The summed E-state index contributed by atoms with van der Waals surface area (Å²) in [6.45, 7) is 16.8. The number of rotatable bonds is 24. The molecule has 2 N–H and O–H groups in total. The lowest BCUT2D eigenvalue weighted by Gasteiger charge is -2.40. The molecule has 3 aromatic carbocycles. The molecule has 1 fully saturated rings. The Hall–Kier alpha value is -5.60. The number of hydrogen-bond acceptors (Lipinski definition) is 9. The summed E-state index contributed by atoms with van der Waals surface area (Å²) in [6, 6.07) is 22.6. The van der Waals surface area contributed by atoms with Crippen molar-refractivity contribution in [1.82, 2.24) is 20.0 Å². The van der Waals surface area contributed by atoms with Crippen molar-refractivity contribution < 1.29 is 38.2 Å². The summed E-state index contributed by atoms with van der Waals surface area (Å²) in [5.41, 5.74) is 3.34. The summed E-state index contributed by atoms with van der Waals surface area (Å²) in [5.74, 6) is -0.638. The molecule has 14 nitrogen and oxygen atoms in total. The molecule has 3 aromatic rings. The van der Waals surface area contributed by atoms with Gasteiger partial charge in [-0.15, -0.1) is 0 Å². The van der Waals surface area contributed by atoms with E-state index in [4.69, 9.17) is 19.2 Å². The van der Waals surface area contributed by atoms with Gasteiger partial charge in [-0.05, 0) is 73.4 Å². The third-order valence-corrected chi connectivity index (χ3v) is 13.5. The number of amidine groups is 1. The molecular formula is C55H80N6O8. The van der Waals surface area contributed by atoms with Crippen molar-refractivity contribution >= 4 is 41.1 Å². The van der Waals surface area contributed by atoms with Crippen LogP contribution in [0.2, 0.25) is 0 Å². The molecule has 1 aliphatic rings. The Morgan fingerprint density at radius 3 is 2.04 bits per heavy atom. The molecular weight excluding hydrogens is 873 g/mol. The Morgan fingerprint density at radius 1 is 0.826 bits per heavy atom. The summed E-state index contributed by atoms with van der Waals surface area (Å²) in [4.78, 5) is 80.2. The van der Waals surface area contributed by atoms with Gasteiger partial charge in [-0.25, -0.2) is 4.79 Å². The Bertz CT molecular complexity index is 2130. The van der Waals surface area contributed by atoms with Crippen molar-refractivity contribution in [3.63, 3.8) is 0 Å². The minimum atomic E-state index is -0.695. The topological polar surface area (TPSA) is 159 Å². The zero-order chi connectivity index (χ0) is 50.9. The van der Waals surface area contributed by atoms with Crippen molar-refractivity contribution in [3.8, 4) is 5.75 Å². The lowest BCUT2D eigenvalue weighted by molar-refractivity contribution is -0.146. The smallest absolute Gasteiger partial charge is 0.410 e. The number of ether oxygens (including phenoxy) is 3. The standard InChI is InChI=1S/C55H80N6O8/c1-14-38(7)50(60(11)54(65)49(35(2)3)58-52(36(4)5)59(9)10)47(67-12)33-48(63)61-30-18-21-45(61)51(68-13)39(8)46(62)32-42(31-40-19-16-15-17-20-40)53(64)57-43-26-24-41(25-27-43)34-56-55(66)69-44-28-22-37(6)23-29-44/h15-17,19-20,22-29,35-36,38-39,42,45,47,49-51H,14,18,21,30-34H2,1-13H3,(H,56,66)(H,57,64)/t38-,39-,42+,45-,47+,49-,50-,51+/m0/s1. The summed E-state index contributed by atoms with van der Waals surface area (Å²) in [5, 5.41) is 5.76. The first kappa shape index (κ1) is 56.0. The Morgan fingerprint density at radius 2 is 1.48 bits per heavy atom. The molecule has 1 saturated heterocycles. The molecule has 0 radical (unpaired) electrons. The minimum Gasteiger partial charge on any atom is -0.410 e. The van der Waals surface area contributed by atoms with Crippen LogP contribution in [0.3, 0.4) is 0 Å². The molecule has 0 spiro atoms. The first-order valence-corrected chi connectivity index (χ1v) is 24.6. The fourth-order valence-corrected chi connectivity index (χ4v) is 9.42. The second kappa shape index (κ2) is 27.0. The third kappa shape index (κ3) is 16.0. The normalized spacial score (nSPS) is 17.1. The molecule has 0 bridgehead atoms. The highest BCUT2D eigenvalue weighted by Gasteiger charge is 2.43. The van der Waals surface area contributed by atoms with E-state index >= 15 is 0 Å². The van der Waals surface area contributed by atoms with Gasteiger partial charge in [0.05, 0.1) is 30.7 Å². The first-order valence-electron chi connectivity index (χ1n) is 24.6. The van der Waals surface area contributed by atoms with Gasteiger partial charge in [-0.3, -0.25) is 24.2 Å². The zero-order valence-electron chi connectivity index (χ0n) is 43.5. The number of likely N-dealkylation sites (tertiary alicyclic amines) is 1. The molecule has 0 unspecified atom stereocenters. The lowest BCUT2D eigenvalue weighted by atomic mass is 9.85. The first-order chi connectivity index (χ1) is 32.8. The maximum Gasteiger partial charge on any atom is 0.412 e. The molecule has 0 aromatic heterocycles. The van der Waals surface area contributed by atoms with Crippen LogP contribution in [0.15, 0.2) is 83.9 Å². The van der Waals surface area contributed by atoms with Crippen molar-refractivity contribution in [2.75, 3.05) is 47.2 Å². The molecule has 378 valence electrons. The number of aryl methyl sites for hydroxylation is 1. The van der Waals surface area contributed by atoms with Crippen molar-refractivity contribution in [2.45, 2.75) is 131 Å². The molecule has 0 saturated carbocycles. The fraction of sp³-hybridized carbons (Fsp3) is 0.564. The van der Waals surface area contributed by atoms with Crippen LogP contribution in [-0.4, -0.2) is 122 Å². The molecule has 8 atom stereocenters. The highest BCUT2D eigenvalue weighted by atomic mass is 16.6. The quantitative estimate of drug-likeness (QED) is 0.0663. The van der Waals surface area contributed by atoms with Crippen LogP contribution in [0.4, 0.5) is 10.5 Å².